The number of hydrogen-bond donors (Lipinski definition) is 0. The summed E-state index contributed by atoms with van der Waals surface area (Å²) >= 11 is 0. The fourth-order valence-electron chi connectivity index (χ4n) is 2.64. The lowest BCUT2D eigenvalue weighted by Crippen LogP contribution is -2.20. The summed E-state index contributed by atoms with van der Waals surface area (Å²) in [6.45, 7) is 6.19. The van der Waals surface area contributed by atoms with Gasteiger partial charge in [0, 0.05) is 20.3 Å². The number of hydrogen-bond acceptors (Lipinski definition) is 2. The fraction of sp³-hybridized carbons (Fsp3) is 0.889. The zero-order valence-corrected chi connectivity index (χ0v) is 13.9. The van der Waals surface area contributed by atoms with E-state index in [1.54, 1.807) is 6.26 Å². The highest BCUT2D eigenvalue weighted by Crippen LogP contribution is 2.27. The first-order valence-electron chi connectivity index (χ1n) is 8.70. The van der Waals surface area contributed by atoms with Gasteiger partial charge in [-0.25, -0.2) is 0 Å². The van der Waals surface area contributed by atoms with Crippen molar-refractivity contribution in [2.24, 2.45) is 0 Å². The second-order valence-electron chi connectivity index (χ2n) is 6.49. The maximum atomic E-state index is 5.68. The van der Waals surface area contributed by atoms with Crippen molar-refractivity contribution < 1.29 is 9.47 Å². The molecule has 0 aromatic carbocycles. The van der Waals surface area contributed by atoms with E-state index < -0.39 is 5.79 Å². The van der Waals surface area contributed by atoms with E-state index in [1.807, 2.05) is 13.8 Å². The average molecular weight is 282 g/mol. The quantitative estimate of drug-likeness (QED) is 0.390. The highest BCUT2D eigenvalue weighted by atomic mass is 16.7. The molecule has 20 heavy (non-hydrogen) atoms. The third-order valence-electron chi connectivity index (χ3n) is 3.88. The Kier molecular flexibility index (Phi) is 8.80. The van der Waals surface area contributed by atoms with E-state index in [4.69, 9.17) is 9.47 Å². The number of rotatable bonds is 12. The molecule has 0 radical (unpaired) electrons. The standard InChI is InChI=1S/C18H34O2/c1-4-5-6-7-8-9-10-11-12-13-14-15-17-16-19-18(2,3)20-17/h16H,4-15H2,1-3H3. The summed E-state index contributed by atoms with van der Waals surface area (Å²) in [5.41, 5.74) is 0. The second-order valence-corrected chi connectivity index (χ2v) is 6.49. The Morgan fingerprint density at radius 1 is 0.800 bits per heavy atom. The van der Waals surface area contributed by atoms with Gasteiger partial charge in [0.1, 0.15) is 12.0 Å². The highest BCUT2D eigenvalue weighted by Gasteiger charge is 2.26. The Morgan fingerprint density at radius 3 is 1.75 bits per heavy atom. The van der Waals surface area contributed by atoms with Gasteiger partial charge >= 0.3 is 0 Å². The van der Waals surface area contributed by atoms with Gasteiger partial charge in [0.2, 0.25) is 5.79 Å². The molecule has 1 aliphatic rings. The van der Waals surface area contributed by atoms with Gasteiger partial charge in [-0.2, -0.15) is 0 Å². The molecule has 0 aromatic heterocycles. The van der Waals surface area contributed by atoms with Gasteiger partial charge in [0.25, 0.3) is 0 Å². The molecule has 1 rings (SSSR count). The van der Waals surface area contributed by atoms with Gasteiger partial charge in [-0.15, -0.1) is 0 Å². The average Bonchev–Trinajstić information content (AvgIpc) is 2.75. The second kappa shape index (κ2) is 10.1. The zero-order valence-electron chi connectivity index (χ0n) is 13.9. The Bertz CT molecular complexity index is 269. The maximum absolute atomic E-state index is 5.68. The van der Waals surface area contributed by atoms with E-state index >= 15 is 0 Å². The number of allylic oxidation sites excluding steroid dienone is 1. The van der Waals surface area contributed by atoms with Crippen molar-refractivity contribution in [3.63, 3.8) is 0 Å². The van der Waals surface area contributed by atoms with Crippen molar-refractivity contribution in [3.8, 4) is 0 Å². The van der Waals surface area contributed by atoms with E-state index in [1.165, 1.54) is 70.6 Å². The monoisotopic (exact) mass is 282 g/mol. The molecule has 0 saturated carbocycles. The minimum atomic E-state index is -0.437. The van der Waals surface area contributed by atoms with Crippen molar-refractivity contribution in [2.75, 3.05) is 0 Å². The lowest BCUT2D eigenvalue weighted by Gasteiger charge is -2.18. The van der Waals surface area contributed by atoms with Crippen molar-refractivity contribution >= 4 is 0 Å². The number of ether oxygens (including phenoxy) is 2. The van der Waals surface area contributed by atoms with Gasteiger partial charge in [-0.05, 0) is 6.42 Å². The van der Waals surface area contributed by atoms with Gasteiger partial charge in [0.15, 0.2) is 0 Å². The minimum absolute atomic E-state index is 0.437. The lowest BCUT2D eigenvalue weighted by atomic mass is 10.1. The lowest BCUT2D eigenvalue weighted by molar-refractivity contribution is -0.117. The molecule has 1 heterocycles. The summed E-state index contributed by atoms with van der Waals surface area (Å²) in [5.74, 6) is 0.582. The summed E-state index contributed by atoms with van der Waals surface area (Å²) < 4.78 is 11.1. The molecule has 2 heteroatoms. The van der Waals surface area contributed by atoms with Crippen LogP contribution in [0.4, 0.5) is 0 Å². The topological polar surface area (TPSA) is 18.5 Å². The van der Waals surface area contributed by atoms with Crippen LogP contribution in [0.15, 0.2) is 12.0 Å². The molecule has 0 spiro atoms. The van der Waals surface area contributed by atoms with E-state index in [-0.39, 0.29) is 0 Å². The van der Waals surface area contributed by atoms with Crippen LogP contribution in [-0.2, 0) is 9.47 Å². The third kappa shape index (κ3) is 8.50. The van der Waals surface area contributed by atoms with Gasteiger partial charge in [-0.1, -0.05) is 71.1 Å². The molecule has 0 aliphatic carbocycles. The van der Waals surface area contributed by atoms with Crippen LogP contribution in [-0.4, -0.2) is 5.79 Å². The van der Waals surface area contributed by atoms with Crippen LogP contribution >= 0.6 is 0 Å². The van der Waals surface area contributed by atoms with E-state index in [2.05, 4.69) is 6.92 Å². The van der Waals surface area contributed by atoms with Crippen LogP contribution in [0.1, 0.15) is 97.8 Å². The van der Waals surface area contributed by atoms with Crippen molar-refractivity contribution in [1.82, 2.24) is 0 Å². The molecule has 0 aromatic rings. The predicted octanol–water partition coefficient (Wildman–Crippen LogP) is 6.31. The molecule has 0 amide bonds. The Balaban J connectivity index is 1.79. The van der Waals surface area contributed by atoms with Crippen LogP contribution in [0.3, 0.4) is 0 Å². The molecular formula is C18H34O2. The number of unbranched alkanes of at least 4 members (excludes halogenated alkanes) is 10. The first-order valence-corrected chi connectivity index (χ1v) is 8.70. The highest BCUT2D eigenvalue weighted by molar-refractivity contribution is 4.94. The summed E-state index contributed by atoms with van der Waals surface area (Å²) in [6, 6.07) is 0. The van der Waals surface area contributed by atoms with Crippen LogP contribution in [0, 0.1) is 0 Å². The molecule has 0 saturated heterocycles. The van der Waals surface area contributed by atoms with E-state index in [0.717, 1.165) is 12.2 Å². The summed E-state index contributed by atoms with van der Waals surface area (Å²) in [6.07, 6.45) is 18.0. The zero-order chi connectivity index (χ0) is 14.7. The SMILES string of the molecule is CCCCCCCCCCCCCC1=COC(C)(C)O1. The van der Waals surface area contributed by atoms with Crippen molar-refractivity contribution in [2.45, 2.75) is 104 Å². The summed E-state index contributed by atoms with van der Waals surface area (Å²) in [4.78, 5) is 0. The molecule has 0 N–H and O–H groups in total. The van der Waals surface area contributed by atoms with Gasteiger partial charge in [-0.3, -0.25) is 0 Å². The van der Waals surface area contributed by atoms with Crippen molar-refractivity contribution in [1.29, 1.82) is 0 Å². The Morgan fingerprint density at radius 2 is 1.30 bits per heavy atom. The smallest absolute Gasteiger partial charge is 0.244 e. The normalized spacial score (nSPS) is 16.6. The molecular weight excluding hydrogens is 248 g/mol. The van der Waals surface area contributed by atoms with Crippen LogP contribution in [0.25, 0.3) is 0 Å². The van der Waals surface area contributed by atoms with E-state index in [9.17, 15) is 0 Å². The Labute approximate surface area is 125 Å². The molecule has 0 fully saturated rings. The third-order valence-corrected chi connectivity index (χ3v) is 3.88. The molecule has 1 aliphatic heterocycles. The first-order chi connectivity index (χ1) is 9.64. The van der Waals surface area contributed by atoms with Crippen LogP contribution in [0.5, 0.6) is 0 Å². The first kappa shape index (κ1) is 17.4. The largest absolute Gasteiger partial charge is 0.457 e. The summed E-state index contributed by atoms with van der Waals surface area (Å²) in [7, 11) is 0. The minimum Gasteiger partial charge on any atom is -0.457 e. The van der Waals surface area contributed by atoms with E-state index in [0.29, 0.717) is 0 Å². The van der Waals surface area contributed by atoms with Gasteiger partial charge in [0.05, 0.1) is 0 Å². The molecule has 0 atom stereocenters. The summed E-state index contributed by atoms with van der Waals surface area (Å²) in [5, 5.41) is 0. The van der Waals surface area contributed by atoms with Crippen LogP contribution < -0.4 is 0 Å². The molecule has 0 unspecified atom stereocenters. The molecule has 0 bridgehead atoms. The molecule has 2 nitrogen and oxygen atoms in total. The Hall–Kier alpha value is -0.660. The van der Waals surface area contributed by atoms with Gasteiger partial charge < -0.3 is 9.47 Å². The maximum Gasteiger partial charge on any atom is 0.244 e. The fourth-order valence-corrected chi connectivity index (χ4v) is 2.64. The predicted molar refractivity (Wildman–Crippen MR) is 85.4 cm³/mol. The van der Waals surface area contributed by atoms with Crippen molar-refractivity contribution in [3.05, 3.63) is 12.0 Å². The molecule has 118 valence electrons. The van der Waals surface area contributed by atoms with Crippen LogP contribution in [0.2, 0.25) is 0 Å².